The van der Waals surface area contributed by atoms with Crippen molar-refractivity contribution in [1.29, 1.82) is 0 Å². The molecule has 3 heterocycles. The fraction of sp³-hybridized carbons (Fsp3) is 0.692. The predicted octanol–water partition coefficient (Wildman–Crippen LogP) is 4.88. The highest BCUT2D eigenvalue weighted by atomic mass is 32.1. The molecular formula is C26H40N4O2S. The third-order valence-electron chi connectivity index (χ3n) is 7.45. The molecular weight excluding hydrogens is 432 g/mol. The Morgan fingerprint density at radius 2 is 1.85 bits per heavy atom. The molecule has 1 atom stereocenters. The maximum atomic E-state index is 13.8. The van der Waals surface area contributed by atoms with E-state index in [4.69, 9.17) is 0 Å². The number of carbonyl (C=O) groups excluding carboxylic acids is 2. The highest BCUT2D eigenvalue weighted by Gasteiger charge is 2.48. The Kier molecular flexibility index (Phi) is 7.80. The van der Waals surface area contributed by atoms with Crippen molar-refractivity contribution in [3.8, 4) is 0 Å². The lowest BCUT2D eigenvalue weighted by atomic mass is 9.93. The Labute approximate surface area is 202 Å². The van der Waals surface area contributed by atoms with E-state index in [1.54, 1.807) is 11.3 Å². The summed E-state index contributed by atoms with van der Waals surface area (Å²) < 4.78 is 3.19. The zero-order chi connectivity index (χ0) is 23.4. The van der Waals surface area contributed by atoms with E-state index in [-0.39, 0.29) is 17.9 Å². The van der Waals surface area contributed by atoms with Crippen LogP contribution in [0.5, 0.6) is 0 Å². The maximum Gasteiger partial charge on any atom is 0.271 e. The van der Waals surface area contributed by atoms with Crippen LogP contribution in [0.1, 0.15) is 82.6 Å². The van der Waals surface area contributed by atoms with Gasteiger partial charge in [-0.3, -0.25) is 9.59 Å². The van der Waals surface area contributed by atoms with E-state index >= 15 is 0 Å². The standard InChI is InChI=1S/C26H40N4O2S/c1-4-13-28(14-5-2)15-16-30-24(31)22-18-23-21(12-17-33-23)29(22)19-26(30,3)25(32)27-20-10-8-6-7-9-11-20/h12,17-18,20H,4-11,13-16,19H2,1-3H3,(H,27,32). The van der Waals surface area contributed by atoms with E-state index in [1.807, 2.05) is 17.9 Å². The molecule has 0 spiro atoms. The molecule has 2 aliphatic rings. The summed E-state index contributed by atoms with van der Waals surface area (Å²) in [5.74, 6) is -0.0147. The number of hydrogen-bond acceptors (Lipinski definition) is 4. The van der Waals surface area contributed by atoms with Gasteiger partial charge in [0.15, 0.2) is 0 Å². The minimum atomic E-state index is -0.894. The molecule has 1 saturated carbocycles. The SMILES string of the molecule is CCCN(CCC)CCN1C(=O)c2cc3sccc3n2CC1(C)C(=O)NC1CCCCCC1. The molecule has 0 saturated heterocycles. The molecule has 2 amide bonds. The van der Waals surface area contributed by atoms with Crippen LogP contribution in [0.25, 0.3) is 10.2 Å². The van der Waals surface area contributed by atoms with Crippen LogP contribution < -0.4 is 5.32 Å². The third-order valence-corrected chi connectivity index (χ3v) is 8.30. The van der Waals surface area contributed by atoms with Gasteiger partial charge in [0.2, 0.25) is 5.91 Å². The van der Waals surface area contributed by atoms with Gasteiger partial charge in [-0.15, -0.1) is 11.3 Å². The summed E-state index contributed by atoms with van der Waals surface area (Å²) in [6, 6.07) is 4.30. The van der Waals surface area contributed by atoms with Gasteiger partial charge in [0, 0.05) is 19.1 Å². The van der Waals surface area contributed by atoms with Crippen LogP contribution >= 0.6 is 11.3 Å². The first-order valence-electron chi connectivity index (χ1n) is 12.9. The second-order valence-corrected chi connectivity index (χ2v) is 11.0. The molecule has 2 aromatic rings. The molecule has 1 N–H and O–H groups in total. The lowest BCUT2D eigenvalue weighted by Crippen LogP contribution is -2.65. The molecule has 0 radical (unpaired) electrons. The van der Waals surface area contributed by atoms with Gasteiger partial charge in [-0.1, -0.05) is 39.5 Å². The topological polar surface area (TPSA) is 57.6 Å². The molecule has 6 nitrogen and oxygen atoms in total. The molecule has 4 rings (SSSR count). The van der Waals surface area contributed by atoms with Crippen LogP contribution in [0.15, 0.2) is 17.5 Å². The maximum absolute atomic E-state index is 13.8. The highest BCUT2D eigenvalue weighted by Crippen LogP contribution is 2.34. The van der Waals surface area contributed by atoms with Gasteiger partial charge in [0.05, 0.1) is 16.8 Å². The van der Waals surface area contributed by atoms with Crippen molar-refractivity contribution in [3.05, 3.63) is 23.2 Å². The average Bonchev–Trinajstić information content (AvgIpc) is 3.28. The summed E-state index contributed by atoms with van der Waals surface area (Å²) in [4.78, 5) is 31.9. The molecule has 0 bridgehead atoms. The van der Waals surface area contributed by atoms with E-state index in [1.165, 1.54) is 25.7 Å². The zero-order valence-corrected chi connectivity index (χ0v) is 21.4. The minimum absolute atomic E-state index is 0.00279. The molecule has 1 aliphatic heterocycles. The molecule has 182 valence electrons. The summed E-state index contributed by atoms with van der Waals surface area (Å²) in [6.45, 7) is 10.3. The van der Waals surface area contributed by atoms with Crippen molar-refractivity contribution in [3.63, 3.8) is 0 Å². The monoisotopic (exact) mass is 472 g/mol. The second-order valence-electron chi connectivity index (χ2n) is 10.0. The Bertz CT molecular complexity index is 953. The van der Waals surface area contributed by atoms with E-state index in [2.05, 4.69) is 40.1 Å². The molecule has 33 heavy (non-hydrogen) atoms. The number of amides is 2. The Morgan fingerprint density at radius 3 is 2.52 bits per heavy atom. The first-order valence-corrected chi connectivity index (χ1v) is 13.8. The van der Waals surface area contributed by atoms with Gasteiger partial charge in [0.25, 0.3) is 5.91 Å². The van der Waals surface area contributed by atoms with Crippen LogP contribution in [0.2, 0.25) is 0 Å². The first-order chi connectivity index (χ1) is 16.0. The Hall–Kier alpha value is -1.86. The van der Waals surface area contributed by atoms with Gasteiger partial charge < -0.3 is 19.7 Å². The van der Waals surface area contributed by atoms with Crippen molar-refractivity contribution in [2.75, 3.05) is 26.2 Å². The van der Waals surface area contributed by atoms with Crippen LogP contribution in [0, 0.1) is 0 Å². The quantitative estimate of drug-likeness (QED) is 0.529. The predicted molar refractivity (Wildman–Crippen MR) is 136 cm³/mol. The molecule has 1 unspecified atom stereocenters. The van der Waals surface area contributed by atoms with E-state index in [9.17, 15) is 9.59 Å². The number of nitrogens with one attached hydrogen (secondary N) is 1. The average molecular weight is 473 g/mol. The lowest BCUT2D eigenvalue weighted by Gasteiger charge is -2.45. The Balaban J connectivity index is 1.62. The molecule has 0 aromatic carbocycles. The van der Waals surface area contributed by atoms with Crippen molar-refractivity contribution in [2.24, 2.45) is 0 Å². The van der Waals surface area contributed by atoms with Gasteiger partial charge in [-0.2, -0.15) is 0 Å². The third kappa shape index (κ3) is 4.99. The highest BCUT2D eigenvalue weighted by molar-refractivity contribution is 7.17. The molecule has 2 aromatic heterocycles. The van der Waals surface area contributed by atoms with E-state index in [0.29, 0.717) is 18.8 Å². The number of fused-ring (bicyclic) bond motifs is 3. The minimum Gasteiger partial charge on any atom is -0.351 e. The largest absolute Gasteiger partial charge is 0.351 e. The zero-order valence-electron chi connectivity index (χ0n) is 20.6. The number of hydrogen-bond donors (Lipinski definition) is 1. The lowest BCUT2D eigenvalue weighted by molar-refractivity contribution is -0.133. The summed E-state index contributed by atoms with van der Waals surface area (Å²) >= 11 is 1.65. The number of nitrogens with zero attached hydrogens (tertiary/aromatic N) is 3. The van der Waals surface area contributed by atoms with Gasteiger partial charge >= 0.3 is 0 Å². The summed E-state index contributed by atoms with van der Waals surface area (Å²) in [6.07, 6.45) is 9.11. The van der Waals surface area contributed by atoms with Gasteiger partial charge in [-0.25, -0.2) is 0 Å². The van der Waals surface area contributed by atoms with E-state index < -0.39 is 5.54 Å². The van der Waals surface area contributed by atoms with Crippen molar-refractivity contribution < 1.29 is 9.59 Å². The van der Waals surface area contributed by atoms with Gasteiger partial charge in [-0.05, 0) is 63.2 Å². The fourth-order valence-corrected chi connectivity index (χ4v) is 6.42. The van der Waals surface area contributed by atoms with Crippen molar-refractivity contribution in [2.45, 2.75) is 90.3 Å². The molecule has 1 aliphatic carbocycles. The van der Waals surface area contributed by atoms with Gasteiger partial charge in [0.1, 0.15) is 11.2 Å². The summed E-state index contributed by atoms with van der Waals surface area (Å²) in [5, 5.41) is 5.43. The smallest absolute Gasteiger partial charge is 0.271 e. The number of thiophene rings is 1. The number of rotatable bonds is 9. The molecule has 1 fully saturated rings. The van der Waals surface area contributed by atoms with Crippen LogP contribution in [-0.2, 0) is 11.3 Å². The van der Waals surface area contributed by atoms with Crippen molar-refractivity contribution in [1.82, 2.24) is 19.7 Å². The summed E-state index contributed by atoms with van der Waals surface area (Å²) in [5.41, 5.74) is 0.887. The number of aromatic nitrogens is 1. The van der Waals surface area contributed by atoms with E-state index in [0.717, 1.165) is 55.5 Å². The first kappa shape index (κ1) is 24.3. The van der Waals surface area contributed by atoms with Crippen LogP contribution in [0.4, 0.5) is 0 Å². The number of carbonyl (C=O) groups is 2. The van der Waals surface area contributed by atoms with Crippen LogP contribution in [0.3, 0.4) is 0 Å². The van der Waals surface area contributed by atoms with Crippen molar-refractivity contribution >= 4 is 33.4 Å². The Morgan fingerprint density at radius 1 is 1.15 bits per heavy atom. The second kappa shape index (κ2) is 10.6. The fourth-order valence-electron chi connectivity index (χ4n) is 5.60. The normalized spacial score (nSPS) is 22.1. The summed E-state index contributed by atoms with van der Waals surface area (Å²) in [7, 11) is 0. The molecule has 7 heteroatoms. The van der Waals surface area contributed by atoms with Crippen LogP contribution in [-0.4, -0.2) is 63.9 Å².